The van der Waals surface area contributed by atoms with Crippen LogP contribution in [-0.2, 0) is 9.53 Å². The normalized spacial score (nSPS) is 22.9. The third-order valence-electron chi connectivity index (χ3n) is 3.83. The van der Waals surface area contributed by atoms with Crippen molar-refractivity contribution in [3.63, 3.8) is 0 Å². The third kappa shape index (κ3) is 2.35. The zero-order chi connectivity index (χ0) is 14.1. The zero-order valence-electron chi connectivity index (χ0n) is 11.1. The van der Waals surface area contributed by atoms with Gasteiger partial charge < -0.3 is 4.74 Å². The maximum absolute atomic E-state index is 11.7. The number of esters is 1. The van der Waals surface area contributed by atoms with Crippen molar-refractivity contribution in [3.05, 3.63) is 17.7 Å². The summed E-state index contributed by atoms with van der Waals surface area (Å²) in [7, 11) is 1.43. The molecule has 2 heterocycles. The molecule has 7 heteroatoms. The molecule has 2 aromatic rings. The van der Waals surface area contributed by atoms with Crippen molar-refractivity contribution in [2.75, 3.05) is 7.11 Å². The van der Waals surface area contributed by atoms with Crippen LogP contribution in [-0.4, -0.2) is 32.8 Å². The van der Waals surface area contributed by atoms with E-state index in [0.717, 1.165) is 36.7 Å². The quantitative estimate of drug-likeness (QED) is 0.628. The molecule has 0 aliphatic heterocycles. The van der Waals surface area contributed by atoms with Crippen LogP contribution in [0, 0.1) is 5.92 Å². The molecule has 20 heavy (non-hydrogen) atoms. The summed E-state index contributed by atoms with van der Waals surface area (Å²) in [6.45, 7) is 0. The number of ether oxygens (including phenoxy) is 1. The molecule has 3 rings (SSSR count). The van der Waals surface area contributed by atoms with E-state index in [9.17, 15) is 4.79 Å². The topological polar surface area (TPSA) is 69.9 Å². The molecule has 1 aliphatic carbocycles. The van der Waals surface area contributed by atoms with Crippen LogP contribution in [0.3, 0.4) is 0 Å². The van der Waals surface area contributed by atoms with Crippen LogP contribution in [0.5, 0.6) is 0 Å². The molecule has 0 unspecified atom stereocenters. The average Bonchev–Trinajstić information content (AvgIpc) is 2.89. The predicted octanol–water partition coefficient (Wildman–Crippen LogP) is 2.38. The highest BCUT2D eigenvalue weighted by atomic mass is 35.5. The molecule has 2 atom stereocenters. The van der Waals surface area contributed by atoms with E-state index < -0.39 is 0 Å². The minimum absolute atomic E-state index is 0.0599. The molecule has 1 fully saturated rings. The summed E-state index contributed by atoms with van der Waals surface area (Å²) in [6, 6.07) is 0.149. The van der Waals surface area contributed by atoms with E-state index in [4.69, 9.17) is 16.3 Å². The fraction of sp³-hybridized carbons (Fsp3) is 0.538. The molecule has 0 spiro atoms. The first kappa shape index (κ1) is 13.3. The summed E-state index contributed by atoms with van der Waals surface area (Å²) in [5, 5.41) is 5.45. The van der Waals surface area contributed by atoms with E-state index in [-0.39, 0.29) is 23.2 Å². The van der Waals surface area contributed by atoms with Gasteiger partial charge >= 0.3 is 5.97 Å². The lowest BCUT2D eigenvalue weighted by Crippen LogP contribution is -2.26. The number of fused-ring (bicyclic) bond motifs is 1. The van der Waals surface area contributed by atoms with Crippen LogP contribution in [0.1, 0.15) is 31.7 Å². The van der Waals surface area contributed by atoms with Crippen molar-refractivity contribution < 1.29 is 9.53 Å². The van der Waals surface area contributed by atoms with Crippen LogP contribution in [0.4, 0.5) is 0 Å². The Hall–Kier alpha value is -1.69. The summed E-state index contributed by atoms with van der Waals surface area (Å²) >= 11 is 5.85. The first-order valence-corrected chi connectivity index (χ1v) is 7.00. The van der Waals surface area contributed by atoms with E-state index in [1.165, 1.54) is 7.11 Å². The van der Waals surface area contributed by atoms with Crippen molar-refractivity contribution in [1.29, 1.82) is 0 Å². The van der Waals surface area contributed by atoms with Gasteiger partial charge in [-0.1, -0.05) is 6.42 Å². The summed E-state index contributed by atoms with van der Waals surface area (Å²) in [5.41, 5.74) is 0.723. The van der Waals surface area contributed by atoms with Crippen LogP contribution < -0.4 is 0 Å². The van der Waals surface area contributed by atoms with E-state index >= 15 is 0 Å². The Morgan fingerprint density at radius 2 is 2.30 bits per heavy atom. The molecule has 0 N–H and O–H groups in total. The number of aromatic nitrogens is 4. The van der Waals surface area contributed by atoms with E-state index in [0.29, 0.717) is 0 Å². The standard InChI is InChI=1S/C13H15ClN4O2/c1-20-12(19)8-3-2-4-10(5-8)18-11-9(7-16-18)6-15-13(14)17-11/h6-8,10H,2-5H2,1H3/t8-,10-/m0/s1. The van der Waals surface area contributed by atoms with Crippen molar-refractivity contribution in [2.45, 2.75) is 31.7 Å². The van der Waals surface area contributed by atoms with Crippen molar-refractivity contribution >= 4 is 28.6 Å². The van der Waals surface area contributed by atoms with Crippen LogP contribution in [0.25, 0.3) is 11.0 Å². The number of hydrogen-bond donors (Lipinski definition) is 0. The van der Waals surface area contributed by atoms with Crippen molar-refractivity contribution in [3.8, 4) is 0 Å². The molecule has 0 amide bonds. The highest BCUT2D eigenvalue weighted by molar-refractivity contribution is 6.28. The number of rotatable bonds is 2. The summed E-state index contributed by atoms with van der Waals surface area (Å²) < 4.78 is 6.71. The second-order valence-electron chi connectivity index (χ2n) is 5.05. The maximum atomic E-state index is 11.7. The van der Waals surface area contributed by atoms with Gasteiger partial charge in [-0.25, -0.2) is 9.67 Å². The van der Waals surface area contributed by atoms with Gasteiger partial charge in [-0.2, -0.15) is 10.1 Å². The van der Waals surface area contributed by atoms with Gasteiger partial charge in [0.15, 0.2) is 5.65 Å². The maximum Gasteiger partial charge on any atom is 0.308 e. The Bertz CT molecular complexity index is 642. The van der Waals surface area contributed by atoms with Gasteiger partial charge in [-0.15, -0.1) is 0 Å². The molecule has 1 saturated carbocycles. The number of carbonyl (C=O) groups is 1. The molecule has 0 bridgehead atoms. The van der Waals surface area contributed by atoms with Crippen LogP contribution >= 0.6 is 11.6 Å². The second kappa shape index (κ2) is 5.36. The van der Waals surface area contributed by atoms with Gasteiger partial charge in [0.05, 0.1) is 30.7 Å². The zero-order valence-corrected chi connectivity index (χ0v) is 11.9. The Kier molecular flexibility index (Phi) is 3.56. The summed E-state index contributed by atoms with van der Waals surface area (Å²) in [4.78, 5) is 19.9. The Balaban J connectivity index is 1.90. The Morgan fingerprint density at radius 1 is 1.45 bits per heavy atom. The van der Waals surface area contributed by atoms with Crippen LogP contribution in [0.15, 0.2) is 12.4 Å². The molecule has 0 aromatic carbocycles. The average molecular weight is 295 g/mol. The van der Waals surface area contributed by atoms with Gasteiger partial charge in [0.1, 0.15) is 0 Å². The van der Waals surface area contributed by atoms with Gasteiger partial charge in [-0.3, -0.25) is 4.79 Å². The van der Waals surface area contributed by atoms with E-state index in [1.54, 1.807) is 12.4 Å². The monoisotopic (exact) mass is 294 g/mol. The van der Waals surface area contributed by atoms with E-state index in [2.05, 4.69) is 15.1 Å². The van der Waals surface area contributed by atoms with Crippen molar-refractivity contribution in [1.82, 2.24) is 19.7 Å². The first-order chi connectivity index (χ1) is 9.69. The van der Waals surface area contributed by atoms with Crippen molar-refractivity contribution in [2.24, 2.45) is 5.92 Å². The Morgan fingerprint density at radius 3 is 3.10 bits per heavy atom. The SMILES string of the molecule is COC(=O)[C@H]1CCC[C@H](n2ncc3cnc(Cl)nc32)C1. The van der Waals surface area contributed by atoms with E-state index in [1.807, 2.05) is 4.68 Å². The predicted molar refractivity (Wildman–Crippen MR) is 73.3 cm³/mol. The molecule has 6 nitrogen and oxygen atoms in total. The molecule has 2 aromatic heterocycles. The van der Waals surface area contributed by atoms with Gasteiger partial charge in [0, 0.05) is 6.20 Å². The molecule has 0 radical (unpaired) electrons. The lowest BCUT2D eigenvalue weighted by atomic mass is 9.86. The summed E-state index contributed by atoms with van der Waals surface area (Å²) in [5.74, 6) is -0.200. The lowest BCUT2D eigenvalue weighted by molar-refractivity contribution is -0.147. The minimum Gasteiger partial charge on any atom is -0.469 e. The fourth-order valence-electron chi connectivity index (χ4n) is 2.85. The summed E-state index contributed by atoms with van der Waals surface area (Å²) in [6.07, 6.45) is 6.95. The molecular formula is C13H15ClN4O2. The molecule has 0 saturated heterocycles. The second-order valence-corrected chi connectivity index (χ2v) is 5.39. The smallest absolute Gasteiger partial charge is 0.308 e. The third-order valence-corrected chi connectivity index (χ3v) is 4.01. The Labute approximate surface area is 121 Å². The minimum atomic E-state index is -0.140. The number of hydrogen-bond acceptors (Lipinski definition) is 5. The largest absolute Gasteiger partial charge is 0.469 e. The lowest BCUT2D eigenvalue weighted by Gasteiger charge is -2.27. The first-order valence-electron chi connectivity index (χ1n) is 6.62. The number of methoxy groups -OCH3 is 1. The van der Waals surface area contributed by atoms with Gasteiger partial charge in [-0.05, 0) is 30.9 Å². The molecule has 1 aliphatic rings. The van der Waals surface area contributed by atoms with Gasteiger partial charge in [0.2, 0.25) is 5.28 Å². The van der Waals surface area contributed by atoms with Crippen LogP contribution in [0.2, 0.25) is 5.28 Å². The highest BCUT2D eigenvalue weighted by Crippen LogP contribution is 2.34. The number of carbonyl (C=O) groups excluding carboxylic acids is 1. The molecular weight excluding hydrogens is 280 g/mol. The number of halogens is 1. The molecule has 106 valence electrons. The fourth-order valence-corrected chi connectivity index (χ4v) is 2.98. The number of nitrogens with zero attached hydrogens (tertiary/aromatic N) is 4. The van der Waals surface area contributed by atoms with Gasteiger partial charge in [0.25, 0.3) is 0 Å². The highest BCUT2D eigenvalue weighted by Gasteiger charge is 2.30.